The SMILES string of the molecule is C=CCNC(=O)N[C@H](CC(=O)OCC)c1ccccc1. The zero-order valence-electron chi connectivity index (χ0n) is 11.6. The highest BCUT2D eigenvalue weighted by Gasteiger charge is 2.18. The summed E-state index contributed by atoms with van der Waals surface area (Å²) in [5, 5.41) is 5.38. The van der Waals surface area contributed by atoms with Crippen LogP contribution < -0.4 is 10.6 Å². The fourth-order valence-corrected chi connectivity index (χ4v) is 1.70. The van der Waals surface area contributed by atoms with Crippen molar-refractivity contribution in [2.45, 2.75) is 19.4 Å². The molecular formula is C15H20N2O3. The van der Waals surface area contributed by atoms with Gasteiger partial charge in [-0.2, -0.15) is 0 Å². The third kappa shape index (κ3) is 5.56. The van der Waals surface area contributed by atoms with Crippen molar-refractivity contribution in [2.75, 3.05) is 13.2 Å². The monoisotopic (exact) mass is 276 g/mol. The highest BCUT2D eigenvalue weighted by molar-refractivity contribution is 5.76. The summed E-state index contributed by atoms with van der Waals surface area (Å²) in [6.07, 6.45) is 1.68. The fourth-order valence-electron chi connectivity index (χ4n) is 1.70. The largest absolute Gasteiger partial charge is 0.466 e. The molecule has 0 fully saturated rings. The first kappa shape index (κ1) is 15.8. The molecule has 0 aliphatic rings. The maximum absolute atomic E-state index is 11.7. The van der Waals surface area contributed by atoms with E-state index in [4.69, 9.17) is 4.74 Å². The topological polar surface area (TPSA) is 67.4 Å². The first-order valence-electron chi connectivity index (χ1n) is 6.53. The quantitative estimate of drug-likeness (QED) is 0.592. The van der Waals surface area contributed by atoms with Gasteiger partial charge < -0.3 is 15.4 Å². The Morgan fingerprint density at radius 2 is 2.05 bits per heavy atom. The first-order chi connectivity index (χ1) is 9.67. The maximum atomic E-state index is 11.7. The molecule has 2 N–H and O–H groups in total. The molecule has 0 saturated heterocycles. The maximum Gasteiger partial charge on any atom is 0.315 e. The Morgan fingerprint density at radius 3 is 2.65 bits per heavy atom. The Kier molecular flexibility index (Phi) is 6.89. The van der Waals surface area contributed by atoms with Crippen LogP contribution in [0.25, 0.3) is 0 Å². The molecule has 0 aromatic heterocycles. The van der Waals surface area contributed by atoms with Crippen LogP contribution in [0.3, 0.4) is 0 Å². The number of hydrogen-bond acceptors (Lipinski definition) is 3. The molecule has 5 heteroatoms. The summed E-state index contributed by atoms with van der Waals surface area (Å²) in [5.74, 6) is -0.342. The van der Waals surface area contributed by atoms with Crippen LogP contribution in [0, 0.1) is 0 Å². The molecule has 0 aliphatic heterocycles. The smallest absolute Gasteiger partial charge is 0.315 e. The molecule has 1 rings (SSSR count). The summed E-state index contributed by atoms with van der Waals surface area (Å²) < 4.78 is 4.93. The summed E-state index contributed by atoms with van der Waals surface area (Å²) in [6.45, 7) is 5.97. The number of benzene rings is 1. The highest BCUT2D eigenvalue weighted by atomic mass is 16.5. The van der Waals surface area contributed by atoms with Crippen LogP contribution >= 0.6 is 0 Å². The predicted octanol–water partition coefficient (Wildman–Crippen LogP) is 2.17. The lowest BCUT2D eigenvalue weighted by Gasteiger charge is -2.18. The Labute approximate surface area is 119 Å². The van der Waals surface area contributed by atoms with Crippen molar-refractivity contribution < 1.29 is 14.3 Å². The van der Waals surface area contributed by atoms with Crippen molar-refractivity contribution >= 4 is 12.0 Å². The van der Waals surface area contributed by atoms with Crippen LogP contribution in [0.1, 0.15) is 24.9 Å². The van der Waals surface area contributed by atoms with Crippen molar-refractivity contribution in [3.8, 4) is 0 Å². The molecule has 1 aromatic carbocycles. The number of esters is 1. The van der Waals surface area contributed by atoms with Crippen LogP contribution in [-0.2, 0) is 9.53 Å². The number of rotatable bonds is 7. The average Bonchev–Trinajstić information content (AvgIpc) is 2.45. The van der Waals surface area contributed by atoms with Gasteiger partial charge in [0.2, 0.25) is 0 Å². The Bertz CT molecular complexity index is 446. The Morgan fingerprint density at radius 1 is 1.35 bits per heavy atom. The lowest BCUT2D eigenvalue weighted by Crippen LogP contribution is -2.38. The molecule has 0 bridgehead atoms. The van der Waals surface area contributed by atoms with E-state index >= 15 is 0 Å². The minimum absolute atomic E-state index is 0.0966. The zero-order valence-corrected chi connectivity index (χ0v) is 11.6. The summed E-state index contributed by atoms with van der Waals surface area (Å²) in [4.78, 5) is 23.3. The van der Waals surface area contributed by atoms with Gasteiger partial charge in [0, 0.05) is 6.54 Å². The van der Waals surface area contributed by atoms with Crippen LogP contribution in [0.4, 0.5) is 4.79 Å². The molecule has 20 heavy (non-hydrogen) atoms. The molecule has 0 radical (unpaired) electrons. The van der Waals surface area contributed by atoms with Crippen LogP contribution in [0.5, 0.6) is 0 Å². The third-order valence-corrected chi connectivity index (χ3v) is 2.59. The van der Waals surface area contributed by atoms with E-state index in [1.165, 1.54) is 0 Å². The number of ether oxygens (including phenoxy) is 1. The van der Waals surface area contributed by atoms with Crippen molar-refractivity contribution in [3.63, 3.8) is 0 Å². The van der Waals surface area contributed by atoms with E-state index in [2.05, 4.69) is 17.2 Å². The van der Waals surface area contributed by atoms with Crippen LogP contribution in [0.15, 0.2) is 43.0 Å². The van der Waals surface area contributed by atoms with E-state index in [9.17, 15) is 9.59 Å². The van der Waals surface area contributed by atoms with Crippen molar-refractivity contribution in [1.82, 2.24) is 10.6 Å². The normalized spacial score (nSPS) is 11.2. The van der Waals surface area contributed by atoms with E-state index < -0.39 is 6.04 Å². The zero-order chi connectivity index (χ0) is 14.8. The summed E-state index contributed by atoms with van der Waals surface area (Å²) >= 11 is 0. The number of amides is 2. The fraction of sp³-hybridized carbons (Fsp3) is 0.333. The van der Waals surface area contributed by atoms with Gasteiger partial charge in [0.15, 0.2) is 0 Å². The third-order valence-electron chi connectivity index (χ3n) is 2.59. The average molecular weight is 276 g/mol. The lowest BCUT2D eigenvalue weighted by molar-refractivity contribution is -0.143. The van der Waals surface area contributed by atoms with Gasteiger partial charge in [0.25, 0.3) is 0 Å². The standard InChI is InChI=1S/C15H20N2O3/c1-3-10-16-15(19)17-13(11-14(18)20-4-2)12-8-6-5-7-9-12/h3,5-9,13H,1,4,10-11H2,2H3,(H2,16,17,19)/t13-/m1/s1. The van der Waals surface area contributed by atoms with Gasteiger partial charge in [-0.25, -0.2) is 4.79 Å². The molecule has 0 spiro atoms. The molecule has 0 aliphatic carbocycles. The van der Waals surface area contributed by atoms with Gasteiger partial charge in [0.1, 0.15) is 0 Å². The van der Waals surface area contributed by atoms with E-state index in [0.29, 0.717) is 13.2 Å². The summed E-state index contributed by atoms with van der Waals surface area (Å²) in [6, 6.07) is 8.55. The molecular weight excluding hydrogens is 256 g/mol. The van der Waals surface area contributed by atoms with Gasteiger partial charge in [0.05, 0.1) is 19.1 Å². The Balaban J connectivity index is 2.71. The molecule has 1 atom stereocenters. The molecule has 0 saturated carbocycles. The molecule has 5 nitrogen and oxygen atoms in total. The van der Waals surface area contributed by atoms with Crippen LogP contribution in [0.2, 0.25) is 0 Å². The molecule has 0 unspecified atom stereocenters. The number of nitrogens with one attached hydrogen (secondary N) is 2. The van der Waals surface area contributed by atoms with E-state index in [-0.39, 0.29) is 18.4 Å². The number of hydrogen-bond donors (Lipinski definition) is 2. The van der Waals surface area contributed by atoms with Crippen molar-refractivity contribution in [2.24, 2.45) is 0 Å². The van der Waals surface area contributed by atoms with E-state index in [0.717, 1.165) is 5.56 Å². The number of carbonyl (C=O) groups is 2. The molecule has 1 aromatic rings. The van der Waals surface area contributed by atoms with E-state index in [1.807, 2.05) is 30.3 Å². The second-order valence-electron chi connectivity index (χ2n) is 4.12. The highest BCUT2D eigenvalue weighted by Crippen LogP contribution is 2.17. The molecule has 108 valence electrons. The minimum atomic E-state index is -0.417. The van der Waals surface area contributed by atoms with Crippen LogP contribution in [-0.4, -0.2) is 25.2 Å². The van der Waals surface area contributed by atoms with Crippen molar-refractivity contribution in [3.05, 3.63) is 48.6 Å². The Hall–Kier alpha value is -2.30. The second-order valence-corrected chi connectivity index (χ2v) is 4.12. The molecule has 0 heterocycles. The number of carbonyl (C=O) groups excluding carboxylic acids is 2. The van der Waals surface area contributed by atoms with Gasteiger partial charge in [-0.15, -0.1) is 6.58 Å². The predicted molar refractivity (Wildman–Crippen MR) is 77.2 cm³/mol. The molecule has 2 amide bonds. The van der Waals surface area contributed by atoms with Crippen molar-refractivity contribution in [1.29, 1.82) is 0 Å². The van der Waals surface area contributed by atoms with Gasteiger partial charge in [-0.05, 0) is 12.5 Å². The summed E-state index contributed by atoms with van der Waals surface area (Å²) in [5.41, 5.74) is 0.856. The van der Waals surface area contributed by atoms with Gasteiger partial charge in [-0.3, -0.25) is 4.79 Å². The minimum Gasteiger partial charge on any atom is -0.466 e. The lowest BCUT2D eigenvalue weighted by atomic mass is 10.0. The van der Waals surface area contributed by atoms with Gasteiger partial charge >= 0.3 is 12.0 Å². The number of urea groups is 1. The van der Waals surface area contributed by atoms with E-state index in [1.54, 1.807) is 13.0 Å². The van der Waals surface area contributed by atoms with Gasteiger partial charge in [-0.1, -0.05) is 36.4 Å². The second kappa shape index (κ2) is 8.74. The first-order valence-corrected chi connectivity index (χ1v) is 6.53. The summed E-state index contributed by atoms with van der Waals surface area (Å²) in [7, 11) is 0.